The minimum atomic E-state index is -0.833. The van der Waals surface area contributed by atoms with Gasteiger partial charge in [0.15, 0.2) is 6.40 Å². The molecule has 2 aliphatic rings. The molecule has 2 bridgehead atoms. The highest BCUT2D eigenvalue weighted by Crippen LogP contribution is 2.16. The number of esters is 1. The highest BCUT2D eigenvalue weighted by molar-refractivity contribution is 6.02. The van der Waals surface area contributed by atoms with Crippen LogP contribution >= 0.6 is 0 Å². The number of rotatable bonds is 5. The SMILES string of the molecule is BOC=N[C@H]1Cc2ccc(cc2)OCCC[C@@H](C(=O)OC)NC(=O)[C@H](CC(C)C)NC1=O. The van der Waals surface area contributed by atoms with Crippen LogP contribution in [0.4, 0.5) is 0 Å². The van der Waals surface area contributed by atoms with E-state index in [-0.39, 0.29) is 5.92 Å². The second-order valence-corrected chi connectivity index (χ2v) is 8.12. The second kappa shape index (κ2) is 12.7. The Morgan fingerprint density at radius 3 is 2.59 bits per heavy atom. The molecule has 174 valence electrons. The van der Waals surface area contributed by atoms with Crippen molar-refractivity contribution in [2.24, 2.45) is 10.9 Å². The number of hydrogen-bond acceptors (Lipinski definition) is 7. The second-order valence-electron chi connectivity index (χ2n) is 8.12. The van der Waals surface area contributed by atoms with Crippen LogP contribution in [0.1, 0.15) is 38.7 Å². The van der Waals surface area contributed by atoms with Crippen molar-refractivity contribution in [2.75, 3.05) is 13.7 Å². The summed E-state index contributed by atoms with van der Waals surface area (Å²) in [5, 5.41) is 5.54. The molecule has 0 saturated heterocycles. The lowest BCUT2D eigenvalue weighted by atomic mass is 10.0. The van der Waals surface area contributed by atoms with Gasteiger partial charge in [-0.2, -0.15) is 0 Å². The molecule has 2 amide bonds. The zero-order valence-corrected chi connectivity index (χ0v) is 19.1. The van der Waals surface area contributed by atoms with E-state index in [4.69, 9.17) is 14.1 Å². The molecule has 1 aromatic carbocycles. The number of carbonyl (C=O) groups excluding carboxylic acids is 3. The fraction of sp³-hybridized carbons (Fsp3) is 0.545. The van der Waals surface area contributed by atoms with E-state index in [0.29, 0.717) is 38.0 Å². The van der Waals surface area contributed by atoms with Crippen LogP contribution in [0.15, 0.2) is 29.3 Å². The molecule has 0 spiro atoms. The van der Waals surface area contributed by atoms with Gasteiger partial charge >= 0.3 is 14.0 Å². The number of methoxy groups -OCH3 is 1. The van der Waals surface area contributed by atoms with Gasteiger partial charge in [0.1, 0.15) is 23.9 Å². The number of benzene rings is 1. The third-order valence-corrected chi connectivity index (χ3v) is 5.05. The lowest BCUT2D eigenvalue weighted by molar-refractivity contribution is -0.145. The maximum absolute atomic E-state index is 13.1. The van der Waals surface area contributed by atoms with E-state index in [2.05, 4.69) is 15.6 Å². The lowest BCUT2D eigenvalue weighted by Gasteiger charge is -2.25. The Balaban J connectivity index is 2.35. The molecule has 1 aromatic rings. The summed E-state index contributed by atoms with van der Waals surface area (Å²) in [5.74, 6) is -0.566. The van der Waals surface area contributed by atoms with Gasteiger partial charge in [0.05, 0.1) is 13.7 Å². The zero-order chi connectivity index (χ0) is 23.5. The first-order valence-electron chi connectivity index (χ1n) is 10.8. The average Bonchev–Trinajstić information content (AvgIpc) is 2.77. The Labute approximate surface area is 189 Å². The normalized spacial score (nSPS) is 22.8. The molecule has 32 heavy (non-hydrogen) atoms. The summed E-state index contributed by atoms with van der Waals surface area (Å²) in [6.07, 6.45) is 2.83. The summed E-state index contributed by atoms with van der Waals surface area (Å²) in [6.45, 7) is 4.29. The lowest BCUT2D eigenvalue weighted by Crippen LogP contribution is -2.54. The molecule has 0 radical (unpaired) electrons. The van der Waals surface area contributed by atoms with Gasteiger partial charge in [-0.25, -0.2) is 9.79 Å². The number of amides is 2. The summed E-state index contributed by atoms with van der Waals surface area (Å²) < 4.78 is 15.5. The van der Waals surface area contributed by atoms with Crippen LogP contribution in [0.5, 0.6) is 5.75 Å². The Morgan fingerprint density at radius 1 is 1.25 bits per heavy atom. The van der Waals surface area contributed by atoms with E-state index in [1.807, 2.05) is 38.1 Å². The molecular weight excluding hydrogens is 413 g/mol. The average molecular weight is 445 g/mol. The summed E-state index contributed by atoms with van der Waals surface area (Å²) >= 11 is 0. The molecule has 3 atom stereocenters. The molecule has 3 rings (SSSR count). The third-order valence-electron chi connectivity index (χ3n) is 5.05. The summed E-state index contributed by atoms with van der Waals surface area (Å²) in [5.41, 5.74) is 0.897. The number of ether oxygens (including phenoxy) is 2. The molecule has 0 unspecified atom stereocenters. The molecule has 9 nitrogen and oxygen atoms in total. The van der Waals surface area contributed by atoms with Crippen molar-refractivity contribution in [1.82, 2.24) is 10.6 Å². The quantitative estimate of drug-likeness (QED) is 0.296. The predicted molar refractivity (Wildman–Crippen MR) is 122 cm³/mol. The number of hydrogen-bond donors (Lipinski definition) is 2. The Kier molecular flexibility index (Phi) is 10.0. The smallest absolute Gasteiger partial charge is 0.328 e. The molecule has 2 heterocycles. The first-order valence-corrected chi connectivity index (χ1v) is 10.8. The van der Waals surface area contributed by atoms with E-state index < -0.39 is 35.9 Å². The molecule has 10 heteroatoms. The van der Waals surface area contributed by atoms with E-state index in [1.165, 1.54) is 21.6 Å². The van der Waals surface area contributed by atoms with Gasteiger partial charge < -0.3 is 24.8 Å². The fourth-order valence-electron chi connectivity index (χ4n) is 3.40. The van der Waals surface area contributed by atoms with Crippen LogP contribution in [-0.4, -0.2) is 64.1 Å². The van der Waals surface area contributed by atoms with Gasteiger partial charge in [0.2, 0.25) is 11.8 Å². The molecular formula is C22H32BN3O6. The zero-order valence-electron chi connectivity index (χ0n) is 19.1. The highest BCUT2D eigenvalue weighted by Gasteiger charge is 2.30. The van der Waals surface area contributed by atoms with Crippen molar-refractivity contribution < 1.29 is 28.5 Å². The largest absolute Gasteiger partial charge is 0.560 e. The molecule has 0 fully saturated rings. The predicted octanol–water partition coefficient (Wildman–Crippen LogP) is 0.552. The van der Waals surface area contributed by atoms with Crippen molar-refractivity contribution in [2.45, 2.75) is 57.7 Å². The maximum Gasteiger partial charge on any atom is 0.328 e. The van der Waals surface area contributed by atoms with Crippen LogP contribution in [0.3, 0.4) is 0 Å². The highest BCUT2D eigenvalue weighted by atomic mass is 16.5. The van der Waals surface area contributed by atoms with Gasteiger partial charge in [-0.05, 0) is 42.9 Å². The number of aliphatic imine (C=N–C) groups is 1. The Bertz CT molecular complexity index is 799. The monoisotopic (exact) mass is 445 g/mol. The molecule has 0 saturated carbocycles. The molecule has 2 aliphatic heterocycles. The van der Waals surface area contributed by atoms with E-state index >= 15 is 0 Å². The summed E-state index contributed by atoms with van der Waals surface area (Å²) in [7, 11) is 2.72. The van der Waals surface area contributed by atoms with E-state index in [0.717, 1.165) is 5.56 Å². The van der Waals surface area contributed by atoms with Gasteiger partial charge in [0, 0.05) is 6.42 Å². The number of nitrogens with zero attached hydrogens (tertiary/aromatic N) is 1. The van der Waals surface area contributed by atoms with Crippen LogP contribution in [-0.2, 0) is 30.2 Å². The summed E-state index contributed by atoms with van der Waals surface area (Å²) in [4.78, 5) is 42.5. The number of nitrogens with one attached hydrogen (secondary N) is 2. The standard InChI is InChI=1S/C22H32BN3O6/c1-14(2)11-19-21(28)25-17(22(29)30-3)5-4-10-31-16-8-6-15(7-9-16)12-18(20(27)26-19)24-13-32-23/h6-9,13-14,17-19H,4-5,10-12,23H2,1-3H3,(H,25,28)(H,26,27)/t17-,18-,19-/m0/s1. The fourth-order valence-corrected chi connectivity index (χ4v) is 3.40. The van der Waals surface area contributed by atoms with Gasteiger partial charge in [-0.15, -0.1) is 0 Å². The minimum Gasteiger partial charge on any atom is -0.560 e. The van der Waals surface area contributed by atoms with Gasteiger partial charge in [-0.1, -0.05) is 26.0 Å². The topological polar surface area (TPSA) is 115 Å². The Hall–Kier alpha value is -3.04. The van der Waals surface area contributed by atoms with Crippen LogP contribution in [0.2, 0.25) is 0 Å². The van der Waals surface area contributed by atoms with Crippen LogP contribution < -0.4 is 15.4 Å². The van der Waals surface area contributed by atoms with Gasteiger partial charge in [-0.3, -0.25) is 9.59 Å². The molecule has 0 aromatic heterocycles. The van der Waals surface area contributed by atoms with E-state index in [9.17, 15) is 14.4 Å². The van der Waals surface area contributed by atoms with Crippen molar-refractivity contribution in [3.8, 4) is 5.75 Å². The third kappa shape index (κ3) is 7.90. The summed E-state index contributed by atoms with van der Waals surface area (Å²) in [6, 6.07) is 4.98. The van der Waals surface area contributed by atoms with Crippen LogP contribution in [0.25, 0.3) is 0 Å². The van der Waals surface area contributed by atoms with Crippen molar-refractivity contribution in [3.05, 3.63) is 29.8 Å². The maximum atomic E-state index is 13.1. The number of carbonyl (C=O) groups is 3. The van der Waals surface area contributed by atoms with E-state index in [1.54, 1.807) is 0 Å². The Morgan fingerprint density at radius 2 is 1.97 bits per heavy atom. The van der Waals surface area contributed by atoms with Gasteiger partial charge in [0.25, 0.3) is 0 Å². The van der Waals surface area contributed by atoms with Crippen molar-refractivity contribution >= 4 is 32.2 Å². The van der Waals surface area contributed by atoms with Crippen LogP contribution in [0, 0.1) is 5.92 Å². The first kappa shape index (κ1) is 25.2. The number of fused-ring (bicyclic) bond motifs is 13. The first-order chi connectivity index (χ1) is 15.3. The molecule has 0 aliphatic carbocycles. The molecule has 2 N–H and O–H groups in total. The van der Waals surface area contributed by atoms with Crippen molar-refractivity contribution in [3.63, 3.8) is 0 Å². The van der Waals surface area contributed by atoms with Crippen molar-refractivity contribution in [1.29, 1.82) is 0 Å². The minimum absolute atomic E-state index is 0.134.